The molecule has 0 spiro atoms. The van der Waals surface area contributed by atoms with E-state index in [1.54, 1.807) is 24.3 Å². The van der Waals surface area contributed by atoms with Crippen molar-refractivity contribution in [3.05, 3.63) is 45.8 Å². The molecule has 0 radical (unpaired) electrons. The van der Waals surface area contributed by atoms with Crippen LogP contribution in [0.15, 0.2) is 29.2 Å². The topological polar surface area (TPSA) is 92.8 Å². The third-order valence-corrected chi connectivity index (χ3v) is 8.60. The van der Waals surface area contributed by atoms with E-state index in [-0.39, 0.29) is 29.4 Å². The maximum absolute atomic E-state index is 12.6. The van der Waals surface area contributed by atoms with Crippen LogP contribution in [0, 0.1) is 6.92 Å². The highest BCUT2D eigenvalue weighted by Gasteiger charge is 2.30. The summed E-state index contributed by atoms with van der Waals surface area (Å²) < 4.78 is 29.9. The molecule has 3 rings (SSSR count). The van der Waals surface area contributed by atoms with Gasteiger partial charge >= 0.3 is 5.97 Å². The lowest BCUT2D eigenvalue weighted by molar-refractivity contribution is -0.116. The molecule has 1 aromatic heterocycles. The molecule has 174 valence electrons. The van der Waals surface area contributed by atoms with Crippen LogP contribution in [0.25, 0.3) is 0 Å². The first kappa shape index (κ1) is 24.4. The molecule has 9 heteroatoms. The summed E-state index contributed by atoms with van der Waals surface area (Å²) in [5.74, 6) is -0.885. The van der Waals surface area contributed by atoms with Crippen molar-refractivity contribution in [2.75, 3.05) is 24.7 Å². The smallest absolute Gasteiger partial charge is 0.341 e. The first-order valence-electron chi connectivity index (χ1n) is 10.7. The van der Waals surface area contributed by atoms with Crippen LogP contribution >= 0.6 is 11.3 Å². The minimum atomic E-state index is -3.44. The normalized spacial score (nSPS) is 14.3. The van der Waals surface area contributed by atoms with Crippen LogP contribution < -0.4 is 5.32 Å². The molecule has 0 saturated carbocycles. The standard InChI is InChI=1S/C23H30N2O5S2/c1-15(2)25-12-11-18-19(14-25)31-22(21(18)23(27)30-4)24-20(26)6-5-13-32(28,29)17-9-7-16(3)8-10-17/h7-10,15H,5-6,11-14H2,1-4H3,(H,24,26). The third kappa shape index (κ3) is 5.57. The van der Waals surface area contributed by atoms with Crippen molar-refractivity contribution in [3.8, 4) is 0 Å². The minimum Gasteiger partial charge on any atom is -0.465 e. The molecule has 2 heterocycles. The Morgan fingerprint density at radius 2 is 1.91 bits per heavy atom. The van der Waals surface area contributed by atoms with Gasteiger partial charge < -0.3 is 10.1 Å². The average molecular weight is 479 g/mol. The van der Waals surface area contributed by atoms with E-state index in [0.717, 1.165) is 35.5 Å². The van der Waals surface area contributed by atoms with Gasteiger partial charge in [0.05, 0.1) is 23.3 Å². The number of benzene rings is 1. The van der Waals surface area contributed by atoms with Crippen LogP contribution in [0.3, 0.4) is 0 Å². The lowest BCUT2D eigenvalue weighted by atomic mass is 10.0. The highest BCUT2D eigenvalue weighted by Crippen LogP contribution is 2.38. The van der Waals surface area contributed by atoms with Gasteiger partial charge in [-0.25, -0.2) is 13.2 Å². The summed E-state index contributed by atoms with van der Waals surface area (Å²) in [5.41, 5.74) is 2.35. The zero-order valence-electron chi connectivity index (χ0n) is 18.9. The largest absolute Gasteiger partial charge is 0.465 e. The number of sulfone groups is 1. The summed E-state index contributed by atoms with van der Waals surface area (Å²) in [6.07, 6.45) is 0.966. The molecule has 32 heavy (non-hydrogen) atoms. The molecule has 1 aliphatic rings. The molecule has 0 bridgehead atoms. The van der Waals surface area contributed by atoms with Gasteiger partial charge in [0.2, 0.25) is 5.91 Å². The number of esters is 1. The number of hydrogen-bond donors (Lipinski definition) is 1. The quantitative estimate of drug-likeness (QED) is 0.580. The van der Waals surface area contributed by atoms with E-state index in [4.69, 9.17) is 4.74 Å². The molecule has 0 fully saturated rings. The van der Waals surface area contributed by atoms with Gasteiger partial charge in [-0.1, -0.05) is 17.7 Å². The lowest BCUT2D eigenvalue weighted by Gasteiger charge is -2.30. The molecule has 0 atom stereocenters. The number of carbonyl (C=O) groups excluding carboxylic acids is 2. The van der Waals surface area contributed by atoms with Crippen LogP contribution in [0.2, 0.25) is 0 Å². The van der Waals surface area contributed by atoms with E-state index in [1.807, 2.05) is 6.92 Å². The SMILES string of the molecule is COC(=O)c1c(NC(=O)CCCS(=O)(=O)c2ccc(C)cc2)sc2c1CCN(C(C)C)C2. The molecular formula is C23H30N2O5S2. The number of rotatable bonds is 8. The Bertz CT molecular complexity index is 1090. The zero-order valence-corrected chi connectivity index (χ0v) is 20.6. The van der Waals surface area contributed by atoms with Crippen LogP contribution in [0.4, 0.5) is 5.00 Å². The van der Waals surface area contributed by atoms with Gasteiger partial charge in [-0.3, -0.25) is 9.69 Å². The van der Waals surface area contributed by atoms with Crippen molar-refractivity contribution in [1.82, 2.24) is 4.90 Å². The van der Waals surface area contributed by atoms with Crippen molar-refractivity contribution in [1.29, 1.82) is 0 Å². The predicted octanol–water partition coefficient (Wildman–Crippen LogP) is 3.80. The lowest BCUT2D eigenvalue weighted by Crippen LogP contribution is -2.35. The van der Waals surface area contributed by atoms with Crippen LogP contribution in [0.1, 0.15) is 53.1 Å². The second-order valence-electron chi connectivity index (χ2n) is 8.30. The molecule has 1 aliphatic heterocycles. The number of nitrogens with zero attached hydrogens (tertiary/aromatic N) is 1. The fraction of sp³-hybridized carbons (Fsp3) is 0.478. The second-order valence-corrected chi connectivity index (χ2v) is 11.5. The van der Waals surface area contributed by atoms with Crippen LogP contribution in [-0.2, 0) is 32.3 Å². The maximum Gasteiger partial charge on any atom is 0.341 e. The third-order valence-electron chi connectivity index (χ3n) is 5.66. The summed E-state index contributed by atoms with van der Waals surface area (Å²) in [5, 5.41) is 3.31. The Balaban J connectivity index is 1.67. The molecule has 0 saturated heterocycles. The van der Waals surface area contributed by atoms with Gasteiger partial charge in [-0.15, -0.1) is 11.3 Å². The first-order valence-corrected chi connectivity index (χ1v) is 13.2. The minimum absolute atomic E-state index is 0.0480. The number of hydrogen-bond acceptors (Lipinski definition) is 7. The van der Waals surface area contributed by atoms with Gasteiger partial charge in [0.15, 0.2) is 9.84 Å². The molecule has 2 aromatic rings. The van der Waals surface area contributed by atoms with Crippen molar-refractivity contribution in [3.63, 3.8) is 0 Å². The zero-order chi connectivity index (χ0) is 23.5. The number of nitrogens with one attached hydrogen (secondary N) is 1. The van der Waals surface area contributed by atoms with Gasteiger partial charge in [0, 0.05) is 30.4 Å². The number of ether oxygens (including phenoxy) is 1. The summed E-state index contributed by atoms with van der Waals surface area (Å²) in [4.78, 5) is 28.6. The van der Waals surface area contributed by atoms with E-state index in [1.165, 1.54) is 18.4 Å². The Kier molecular flexibility index (Phi) is 7.74. The molecule has 1 amide bonds. The molecular weight excluding hydrogens is 448 g/mol. The Morgan fingerprint density at radius 3 is 2.53 bits per heavy atom. The Labute approximate surface area is 193 Å². The molecule has 1 N–H and O–H groups in total. The Morgan fingerprint density at radius 1 is 1.22 bits per heavy atom. The number of anilines is 1. The highest BCUT2D eigenvalue weighted by atomic mass is 32.2. The molecule has 0 aliphatic carbocycles. The average Bonchev–Trinajstić information content (AvgIpc) is 3.10. The van der Waals surface area contributed by atoms with Crippen molar-refractivity contribution in [2.45, 2.75) is 57.5 Å². The summed E-state index contributed by atoms with van der Waals surface area (Å²) >= 11 is 1.40. The van der Waals surface area contributed by atoms with E-state index < -0.39 is 15.8 Å². The van der Waals surface area contributed by atoms with E-state index >= 15 is 0 Å². The fourth-order valence-electron chi connectivity index (χ4n) is 3.75. The predicted molar refractivity (Wildman–Crippen MR) is 126 cm³/mol. The second kappa shape index (κ2) is 10.1. The van der Waals surface area contributed by atoms with Gasteiger partial charge in [-0.2, -0.15) is 0 Å². The van der Waals surface area contributed by atoms with Crippen molar-refractivity contribution >= 4 is 38.1 Å². The highest BCUT2D eigenvalue weighted by molar-refractivity contribution is 7.91. The number of methoxy groups -OCH3 is 1. The summed E-state index contributed by atoms with van der Waals surface area (Å²) in [7, 11) is -2.11. The van der Waals surface area contributed by atoms with E-state index in [9.17, 15) is 18.0 Å². The van der Waals surface area contributed by atoms with E-state index in [2.05, 4.69) is 24.1 Å². The Hall–Kier alpha value is -2.23. The molecule has 1 aromatic carbocycles. The van der Waals surface area contributed by atoms with Crippen molar-refractivity contribution < 1.29 is 22.7 Å². The fourth-order valence-corrected chi connectivity index (χ4v) is 6.33. The van der Waals surface area contributed by atoms with E-state index in [0.29, 0.717) is 16.6 Å². The first-order chi connectivity index (χ1) is 15.1. The summed E-state index contributed by atoms with van der Waals surface area (Å²) in [6, 6.07) is 7.08. The summed E-state index contributed by atoms with van der Waals surface area (Å²) in [6.45, 7) is 7.73. The van der Waals surface area contributed by atoms with Crippen LogP contribution in [0.5, 0.6) is 0 Å². The molecule has 7 nitrogen and oxygen atoms in total. The maximum atomic E-state index is 12.6. The van der Waals surface area contributed by atoms with Gasteiger partial charge in [-0.05, 0) is 51.3 Å². The monoisotopic (exact) mass is 478 g/mol. The molecule has 0 unspecified atom stereocenters. The number of aryl methyl sites for hydroxylation is 1. The van der Waals surface area contributed by atoms with Gasteiger partial charge in [0.25, 0.3) is 0 Å². The van der Waals surface area contributed by atoms with Gasteiger partial charge in [0.1, 0.15) is 5.00 Å². The number of amides is 1. The number of carbonyl (C=O) groups is 2. The number of fused-ring (bicyclic) bond motifs is 1. The van der Waals surface area contributed by atoms with Crippen LogP contribution in [-0.4, -0.2) is 50.6 Å². The van der Waals surface area contributed by atoms with Crippen molar-refractivity contribution in [2.24, 2.45) is 0 Å². The number of thiophene rings is 1.